The van der Waals surface area contributed by atoms with Crippen LogP contribution in [0.25, 0.3) is 0 Å². The number of ketones is 1. The molecule has 0 radical (unpaired) electrons. The van der Waals surface area contributed by atoms with Gasteiger partial charge in [0.05, 0.1) is 22.3 Å². The molecule has 0 aliphatic carbocycles. The van der Waals surface area contributed by atoms with Gasteiger partial charge in [0.25, 0.3) is 10.0 Å². The number of rotatable bonds is 7. The van der Waals surface area contributed by atoms with E-state index in [1.165, 1.54) is 18.3 Å². The maximum atomic E-state index is 13.2. The lowest BCUT2D eigenvalue weighted by Crippen LogP contribution is -2.47. The van der Waals surface area contributed by atoms with Crippen LogP contribution < -0.4 is 10.5 Å². The van der Waals surface area contributed by atoms with Gasteiger partial charge in [-0.1, -0.05) is 42.5 Å². The van der Waals surface area contributed by atoms with E-state index in [9.17, 15) is 13.2 Å². The highest BCUT2D eigenvalue weighted by molar-refractivity contribution is 7.92. The Bertz CT molecular complexity index is 1130. The fourth-order valence-electron chi connectivity index (χ4n) is 3.12. The summed E-state index contributed by atoms with van der Waals surface area (Å²) in [5.74, 6) is -0.440. The first-order valence-electron chi connectivity index (χ1n) is 9.10. The Morgan fingerprint density at radius 3 is 2.41 bits per heavy atom. The SMILES string of the molecule is Cc1cncc(NS(=O)(=O)c2ccccc2C(=O)C(C)(N)Cc2ccccc2)c1. The lowest BCUT2D eigenvalue weighted by molar-refractivity contribution is 0.0897. The number of nitrogens with zero attached hydrogens (tertiary/aromatic N) is 1. The van der Waals surface area contributed by atoms with Gasteiger partial charge >= 0.3 is 0 Å². The van der Waals surface area contributed by atoms with Crippen molar-refractivity contribution in [1.82, 2.24) is 4.98 Å². The number of carbonyl (C=O) groups is 1. The highest BCUT2D eigenvalue weighted by Gasteiger charge is 2.33. The minimum Gasteiger partial charge on any atom is -0.319 e. The Labute approximate surface area is 170 Å². The molecule has 1 unspecified atom stereocenters. The van der Waals surface area contributed by atoms with E-state index in [2.05, 4.69) is 9.71 Å². The number of hydrogen-bond acceptors (Lipinski definition) is 5. The van der Waals surface area contributed by atoms with Gasteiger partial charge in [-0.25, -0.2) is 8.42 Å². The van der Waals surface area contributed by atoms with Crippen LogP contribution in [-0.4, -0.2) is 24.7 Å². The van der Waals surface area contributed by atoms with Crippen molar-refractivity contribution in [3.05, 3.63) is 89.7 Å². The lowest BCUT2D eigenvalue weighted by Gasteiger charge is -2.24. The summed E-state index contributed by atoms with van der Waals surface area (Å²) in [5.41, 5.74) is 7.16. The van der Waals surface area contributed by atoms with Gasteiger partial charge in [-0.3, -0.25) is 14.5 Å². The largest absolute Gasteiger partial charge is 0.319 e. The van der Waals surface area contributed by atoms with Crippen LogP contribution in [-0.2, 0) is 16.4 Å². The van der Waals surface area contributed by atoms with Gasteiger partial charge in [0.1, 0.15) is 0 Å². The number of aromatic nitrogens is 1. The van der Waals surface area contributed by atoms with Crippen LogP contribution in [0.5, 0.6) is 0 Å². The highest BCUT2D eigenvalue weighted by Crippen LogP contribution is 2.24. The number of Topliss-reactive ketones (excluding diaryl/α,β-unsaturated/α-hetero) is 1. The maximum Gasteiger partial charge on any atom is 0.262 e. The molecule has 0 bridgehead atoms. The molecule has 0 aliphatic rings. The van der Waals surface area contributed by atoms with E-state index in [4.69, 9.17) is 5.73 Å². The van der Waals surface area contributed by atoms with Crippen LogP contribution in [0.2, 0.25) is 0 Å². The Morgan fingerprint density at radius 1 is 1.07 bits per heavy atom. The van der Waals surface area contributed by atoms with Gasteiger partial charge in [-0.15, -0.1) is 0 Å². The summed E-state index contributed by atoms with van der Waals surface area (Å²) in [6, 6.07) is 17.1. The third kappa shape index (κ3) is 4.88. The van der Waals surface area contributed by atoms with Crippen molar-refractivity contribution in [2.45, 2.75) is 30.7 Å². The van der Waals surface area contributed by atoms with Crippen LogP contribution in [0, 0.1) is 6.92 Å². The van der Waals surface area contributed by atoms with E-state index in [1.807, 2.05) is 37.3 Å². The van der Waals surface area contributed by atoms with Gasteiger partial charge in [0.2, 0.25) is 0 Å². The zero-order valence-electron chi connectivity index (χ0n) is 16.3. The zero-order chi connectivity index (χ0) is 21.1. The van der Waals surface area contributed by atoms with E-state index in [-0.39, 0.29) is 16.9 Å². The van der Waals surface area contributed by atoms with Crippen molar-refractivity contribution in [3.63, 3.8) is 0 Å². The number of nitrogens with one attached hydrogen (secondary N) is 1. The van der Waals surface area contributed by atoms with Crippen molar-refractivity contribution in [2.24, 2.45) is 5.73 Å². The summed E-state index contributed by atoms with van der Waals surface area (Å²) in [7, 11) is -4.01. The molecule has 150 valence electrons. The Balaban J connectivity index is 1.94. The van der Waals surface area contributed by atoms with Gasteiger partial charge in [0, 0.05) is 11.8 Å². The molecule has 0 saturated carbocycles. The van der Waals surface area contributed by atoms with Crippen LogP contribution in [0.1, 0.15) is 28.4 Å². The number of anilines is 1. The van der Waals surface area contributed by atoms with Crippen LogP contribution >= 0.6 is 0 Å². The molecule has 1 aromatic heterocycles. The third-order valence-electron chi connectivity index (χ3n) is 4.48. The average Bonchev–Trinajstić information content (AvgIpc) is 2.67. The van der Waals surface area contributed by atoms with Gasteiger partial charge in [0.15, 0.2) is 5.78 Å². The number of benzene rings is 2. The summed E-state index contributed by atoms with van der Waals surface area (Å²) in [6.07, 6.45) is 3.33. The van der Waals surface area contributed by atoms with E-state index in [1.54, 1.807) is 31.3 Å². The summed E-state index contributed by atoms with van der Waals surface area (Å²) in [4.78, 5) is 17.1. The standard InChI is InChI=1S/C22H23N3O3S/c1-16-12-18(15-24-14-16)25-29(27,28)20-11-7-6-10-19(20)21(26)22(2,23)13-17-8-4-3-5-9-17/h3-12,14-15,25H,13,23H2,1-2H3. The van der Waals surface area contributed by atoms with Crippen LogP contribution in [0.15, 0.2) is 78.0 Å². The quantitative estimate of drug-likeness (QED) is 0.583. The molecule has 0 saturated heterocycles. The number of pyridine rings is 1. The molecule has 0 spiro atoms. The fraction of sp³-hybridized carbons (Fsp3) is 0.182. The molecule has 0 fully saturated rings. The number of aryl methyl sites for hydroxylation is 1. The maximum absolute atomic E-state index is 13.2. The second-order valence-corrected chi connectivity index (χ2v) is 8.91. The summed E-state index contributed by atoms with van der Waals surface area (Å²) >= 11 is 0. The first-order valence-corrected chi connectivity index (χ1v) is 10.6. The second kappa shape index (κ2) is 8.14. The fourth-order valence-corrected chi connectivity index (χ4v) is 4.36. The van der Waals surface area contributed by atoms with Gasteiger partial charge in [-0.2, -0.15) is 0 Å². The van der Waals surface area contributed by atoms with Crippen molar-refractivity contribution in [1.29, 1.82) is 0 Å². The summed E-state index contributed by atoms with van der Waals surface area (Å²) in [5, 5.41) is 0. The monoisotopic (exact) mass is 409 g/mol. The molecule has 3 N–H and O–H groups in total. The first kappa shape index (κ1) is 20.7. The van der Waals surface area contributed by atoms with Crippen LogP contribution in [0.4, 0.5) is 5.69 Å². The average molecular weight is 410 g/mol. The summed E-state index contributed by atoms with van der Waals surface area (Å²) in [6.45, 7) is 3.43. The molecule has 1 heterocycles. The number of hydrogen-bond donors (Lipinski definition) is 2. The van der Waals surface area contributed by atoms with E-state index < -0.39 is 21.3 Å². The van der Waals surface area contributed by atoms with Crippen molar-refractivity contribution in [2.75, 3.05) is 4.72 Å². The van der Waals surface area contributed by atoms with Crippen molar-refractivity contribution >= 4 is 21.5 Å². The zero-order valence-corrected chi connectivity index (χ0v) is 17.1. The topological polar surface area (TPSA) is 102 Å². The van der Waals surface area contributed by atoms with Crippen molar-refractivity contribution < 1.29 is 13.2 Å². The van der Waals surface area contributed by atoms with E-state index in [0.717, 1.165) is 11.1 Å². The molecule has 29 heavy (non-hydrogen) atoms. The lowest BCUT2D eigenvalue weighted by atomic mass is 9.86. The Hall–Kier alpha value is -3.03. The first-order chi connectivity index (χ1) is 13.7. The normalized spacial score (nSPS) is 13.5. The molecule has 7 heteroatoms. The predicted molar refractivity (Wildman–Crippen MR) is 113 cm³/mol. The second-order valence-electron chi connectivity index (χ2n) is 7.26. The number of nitrogens with two attached hydrogens (primary N) is 1. The van der Waals surface area contributed by atoms with E-state index >= 15 is 0 Å². The number of carbonyl (C=O) groups excluding carboxylic acids is 1. The van der Waals surface area contributed by atoms with Gasteiger partial charge in [-0.05, 0) is 49.6 Å². The Morgan fingerprint density at radius 2 is 1.72 bits per heavy atom. The van der Waals surface area contributed by atoms with E-state index in [0.29, 0.717) is 5.69 Å². The molecule has 0 aliphatic heterocycles. The Kier molecular flexibility index (Phi) is 5.81. The molecule has 3 rings (SSSR count). The molecular weight excluding hydrogens is 386 g/mol. The molecule has 2 aromatic carbocycles. The molecular formula is C22H23N3O3S. The van der Waals surface area contributed by atoms with Crippen LogP contribution in [0.3, 0.4) is 0 Å². The molecule has 3 aromatic rings. The molecule has 0 amide bonds. The van der Waals surface area contributed by atoms with Gasteiger partial charge < -0.3 is 5.73 Å². The number of sulfonamides is 1. The third-order valence-corrected chi connectivity index (χ3v) is 5.92. The van der Waals surface area contributed by atoms with Crippen molar-refractivity contribution in [3.8, 4) is 0 Å². The highest BCUT2D eigenvalue weighted by atomic mass is 32.2. The molecule has 6 nitrogen and oxygen atoms in total. The minimum absolute atomic E-state index is 0.0570. The predicted octanol–water partition coefficient (Wildman–Crippen LogP) is 3.33. The molecule has 1 atom stereocenters. The smallest absolute Gasteiger partial charge is 0.262 e. The minimum atomic E-state index is -4.01. The summed E-state index contributed by atoms with van der Waals surface area (Å²) < 4.78 is 28.5.